The van der Waals surface area contributed by atoms with Gasteiger partial charge in [0, 0.05) is 18.3 Å². The second-order valence-electron chi connectivity index (χ2n) is 22.7. The molecule has 7 aliphatic heterocycles. The zero-order chi connectivity index (χ0) is 58.4. The molecule has 468 valence electrons. The molecule has 31 unspecified atom stereocenters. The van der Waals surface area contributed by atoms with Gasteiger partial charge >= 0.3 is 0 Å². The van der Waals surface area contributed by atoms with Crippen LogP contribution in [0.1, 0.15) is 76.2 Å². The summed E-state index contributed by atoms with van der Waals surface area (Å²) in [6, 6.07) is 0. The molecular weight excluding hydrogens is 1060 g/mol. The normalized spacial score (nSPS) is 48.8. The summed E-state index contributed by atoms with van der Waals surface area (Å²) in [6.45, 7) is 14.8. The molecule has 0 aromatic rings. The van der Waals surface area contributed by atoms with Gasteiger partial charge in [-0.25, -0.2) is 0 Å². The molecule has 31 atom stereocenters. The molecule has 7 aliphatic rings. The van der Waals surface area contributed by atoms with Gasteiger partial charge in [0.05, 0.1) is 88.5 Å². The molecule has 0 radical (unpaired) electrons. The Morgan fingerprint density at radius 1 is 0.392 bits per heavy atom. The summed E-state index contributed by atoms with van der Waals surface area (Å²) in [7, 11) is 0. The van der Waals surface area contributed by atoms with Crippen molar-refractivity contribution >= 4 is 0 Å². The summed E-state index contributed by atoms with van der Waals surface area (Å²) in [6.07, 6.45) is -34.8. The zero-order valence-corrected chi connectivity index (χ0v) is 45.7. The van der Waals surface area contributed by atoms with Crippen LogP contribution in [0.2, 0.25) is 0 Å². The van der Waals surface area contributed by atoms with Crippen molar-refractivity contribution in [1.29, 1.82) is 0 Å². The zero-order valence-electron chi connectivity index (χ0n) is 45.7. The molecule has 0 spiro atoms. The lowest BCUT2D eigenvalue weighted by Gasteiger charge is -2.50. The number of hydrogen-bond donors (Lipinski definition) is 17. The van der Waals surface area contributed by atoms with E-state index in [2.05, 4.69) is 0 Å². The van der Waals surface area contributed by atoms with Gasteiger partial charge in [-0.1, -0.05) is 62.8 Å². The van der Waals surface area contributed by atoms with Crippen LogP contribution >= 0.6 is 0 Å². The standard InChI is InChI=1S/C25H44O18.C16H30O7.C9H18O3.CH4/c1-7(2)19-17(35)22(43-24-16(34)13(31)9(29)6-38-24)20(11(4-27)39-19)41-25-18(36)21(14(32)10(3-26)40-25)42-23-15(33)12(30)8(28)5-37-23;1-7(2)10-5-11(14(19)9(4)21-10)22-16-15(20)13(18)8(3)12(6-17)23-16;1-5(2)9-8(11)7(10)6(3)4-12-9;/h7-36H,3-6H2,1-2H3;7-20H,5-6H2,1-4H3;5-11H,4H2,1-3H3;1H4. The lowest BCUT2D eigenvalue weighted by Crippen LogP contribution is -2.67. The van der Waals surface area contributed by atoms with E-state index in [1.54, 1.807) is 27.7 Å². The maximum absolute atomic E-state index is 11.2. The van der Waals surface area contributed by atoms with Crippen LogP contribution in [-0.4, -0.2) is 304 Å². The minimum absolute atomic E-state index is 0. The highest BCUT2D eigenvalue weighted by Gasteiger charge is 2.55. The van der Waals surface area contributed by atoms with E-state index in [0.717, 1.165) is 0 Å². The van der Waals surface area contributed by atoms with Gasteiger partial charge in [0.2, 0.25) is 0 Å². The van der Waals surface area contributed by atoms with E-state index in [1.165, 1.54) is 0 Å². The molecule has 7 rings (SSSR count). The van der Waals surface area contributed by atoms with Crippen molar-refractivity contribution in [2.45, 2.75) is 254 Å². The quantitative estimate of drug-likeness (QED) is 0.0770. The van der Waals surface area contributed by atoms with Crippen molar-refractivity contribution in [3.63, 3.8) is 0 Å². The Balaban J connectivity index is 0.000000309. The molecule has 0 aromatic heterocycles. The highest BCUT2D eigenvalue weighted by molar-refractivity contribution is 4.99. The van der Waals surface area contributed by atoms with Gasteiger partial charge in [0.25, 0.3) is 0 Å². The van der Waals surface area contributed by atoms with Gasteiger partial charge in [0.15, 0.2) is 25.2 Å². The van der Waals surface area contributed by atoms with Gasteiger partial charge in [-0.2, -0.15) is 0 Å². The minimum Gasteiger partial charge on any atom is -0.394 e. The lowest BCUT2D eigenvalue weighted by molar-refractivity contribution is -0.379. The first-order valence-electron chi connectivity index (χ1n) is 27.0. The van der Waals surface area contributed by atoms with Crippen molar-refractivity contribution in [1.82, 2.24) is 0 Å². The summed E-state index contributed by atoms with van der Waals surface area (Å²) in [4.78, 5) is 0. The topological polar surface area (TPSA) is 445 Å². The number of hydrogen-bond acceptors (Lipinski definition) is 28. The van der Waals surface area contributed by atoms with E-state index in [-0.39, 0.29) is 56.0 Å². The molecule has 79 heavy (non-hydrogen) atoms. The van der Waals surface area contributed by atoms with Crippen LogP contribution in [0.5, 0.6) is 0 Å². The van der Waals surface area contributed by atoms with Gasteiger partial charge in [-0.15, -0.1) is 0 Å². The SMILES string of the molecule is C.CC(C)C1CC(OC2OC(CO)C(C)C(O)C2O)C(O)C(C)O1.CC(C)C1OC(CO)C(OC2OC(CO)C(O)C(OC3OCC(O)C(O)C3O)C2O)C(OC2OCC(O)C(O)C2O)C1O.CC(C)C1OCC(C)C(O)C1O. The lowest BCUT2D eigenvalue weighted by atomic mass is 9.88. The maximum Gasteiger partial charge on any atom is 0.187 e. The molecule has 0 aliphatic carbocycles. The molecule has 7 fully saturated rings. The van der Waals surface area contributed by atoms with E-state index < -0.39 is 192 Å². The van der Waals surface area contributed by atoms with E-state index in [9.17, 15) is 86.8 Å². The third-order valence-electron chi connectivity index (χ3n) is 15.6. The number of ether oxygens (including phenoxy) is 11. The summed E-state index contributed by atoms with van der Waals surface area (Å²) in [5.74, 6) is -0.169. The molecule has 7 saturated heterocycles. The number of aliphatic hydroxyl groups is 17. The van der Waals surface area contributed by atoms with Crippen LogP contribution < -0.4 is 0 Å². The fourth-order valence-electron chi connectivity index (χ4n) is 10.4. The smallest absolute Gasteiger partial charge is 0.187 e. The molecule has 17 N–H and O–H groups in total. The van der Waals surface area contributed by atoms with Crippen LogP contribution in [0.15, 0.2) is 0 Å². The first-order valence-corrected chi connectivity index (χ1v) is 27.0. The predicted octanol–water partition coefficient (Wildman–Crippen LogP) is -6.09. The van der Waals surface area contributed by atoms with Crippen LogP contribution in [-0.2, 0) is 52.1 Å². The van der Waals surface area contributed by atoms with Crippen LogP contribution in [0.25, 0.3) is 0 Å². The van der Waals surface area contributed by atoms with Crippen molar-refractivity contribution in [3.8, 4) is 0 Å². The highest BCUT2D eigenvalue weighted by Crippen LogP contribution is 2.37. The van der Waals surface area contributed by atoms with Crippen molar-refractivity contribution < 1.29 is 139 Å². The average Bonchev–Trinajstić information content (AvgIpc) is 3.43. The van der Waals surface area contributed by atoms with Gasteiger partial charge in [-0.05, 0) is 24.7 Å². The largest absolute Gasteiger partial charge is 0.394 e. The fourth-order valence-corrected chi connectivity index (χ4v) is 10.4. The Labute approximate surface area is 461 Å². The summed E-state index contributed by atoms with van der Waals surface area (Å²) < 4.78 is 61.9. The number of rotatable bonds is 14. The van der Waals surface area contributed by atoms with Gasteiger partial charge in [-0.3, -0.25) is 0 Å². The van der Waals surface area contributed by atoms with Crippen LogP contribution in [0, 0.1) is 29.6 Å². The summed E-state index contributed by atoms with van der Waals surface area (Å²) >= 11 is 0. The molecule has 28 heteroatoms. The van der Waals surface area contributed by atoms with Crippen molar-refractivity contribution in [2.24, 2.45) is 29.6 Å². The minimum atomic E-state index is -1.88. The van der Waals surface area contributed by atoms with Gasteiger partial charge in [0.1, 0.15) is 104 Å². The highest BCUT2D eigenvalue weighted by atomic mass is 16.8. The Hall–Kier alpha value is -1.12. The van der Waals surface area contributed by atoms with Crippen molar-refractivity contribution in [3.05, 3.63) is 0 Å². The third kappa shape index (κ3) is 16.9. The van der Waals surface area contributed by atoms with E-state index >= 15 is 0 Å². The molecule has 0 aromatic carbocycles. The Morgan fingerprint density at radius 3 is 1.38 bits per heavy atom. The Bertz CT molecular complexity index is 1720. The second kappa shape index (κ2) is 31.3. The van der Waals surface area contributed by atoms with E-state index in [0.29, 0.717) is 13.0 Å². The Kier molecular flexibility index (Phi) is 27.9. The molecule has 0 amide bonds. The average molecular weight is 1160 g/mol. The monoisotopic (exact) mass is 1160 g/mol. The summed E-state index contributed by atoms with van der Waals surface area (Å²) in [5.41, 5.74) is 0. The van der Waals surface area contributed by atoms with Gasteiger partial charge < -0.3 is 139 Å². The predicted molar refractivity (Wildman–Crippen MR) is 269 cm³/mol. The molecule has 7 heterocycles. The maximum atomic E-state index is 11.2. The molecule has 0 bridgehead atoms. The fraction of sp³-hybridized carbons (Fsp3) is 1.00. The first kappa shape index (κ1) is 70.4. The molecular formula is C51H96O28. The number of aliphatic hydroxyl groups excluding tert-OH is 17. The van der Waals surface area contributed by atoms with E-state index in [4.69, 9.17) is 52.1 Å². The van der Waals surface area contributed by atoms with Crippen LogP contribution in [0.3, 0.4) is 0 Å². The summed E-state index contributed by atoms with van der Waals surface area (Å²) in [5, 5.41) is 173. The second-order valence-corrected chi connectivity index (χ2v) is 22.7. The van der Waals surface area contributed by atoms with Crippen LogP contribution in [0.4, 0.5) is 0 Å². The van der Waals surface area contributed by atoms with E-state index in [1.807, 2.05) is 34.6 Å². The molecule has 28 nitrogen and oxygen atoms in total. The Morgan fingerprint density at radius 2 is 0.873 bits per heavy atom. The third-order valence-corrected chi connectivity index (χ3v) is 15.6. The van der Waals surface area contributed by atoms with Crippen molar-refractivity contribution in [2.75, 3.05) is 39.6 Å². The molecule has 0 saturated carbocycles. The first-order chi connectivity index (χ1) is 36.6.